The normalized spacial score (nSPS) is 18.5. The molecule has 4 rings (SSSR count). The van der Waals surface area contributed by atoms with Crippen molar-refractivity contribution >= 4 is 39.5 Å². The van der Waals surface area contributed by atoms with Gasteiger partial charge in [-0.05, 0) is 30.3 Å². The van der Waals surface area contributed by atoms with Crippen LogP contribution in [0.4, 0.5) is 5.69 Å². The van der Waals surface area contributed by atoms with Crippen molar-refractivity contribution < 1.29 is 56.4 Å². The quantitative estimate of drug-likeness (QED) is 0.324. The Balaban J connectivity index is 1.45. The van der Waals surface area contributed by atoms with E-state index in [1.165, 1.54) is 36.4 Å². The molecule has 2 aliphatic heterocycles. The summed E-state index contributed by atoms with van der Waals surface area (Å²) in [5, 5.41) is 12.6. The van der Waals surface area contributed by atoms with Crippen LogP contribution in [0.3, 0.4) is 0 Å². The second kappa shape index (κ2) is 11.9. The fraction of sp³-hybridized carbons (Fsp3) is 0.360. The van der Waals surface area contributed by atoms with Crippen LogP contribution in [-0.4, -0.2) is 94.4 Å². The van der Waals surface area contributed by atoms with E-state index in [0.29, 0.717) is 12.4 Å². The van der Waals surface area contributed by atoms with Crippen LogP contribution >= 0.6 is 0 Å². The van der Waals surface area contributed by atoms with Gasteiger partial charge < -0.3 is 34.1 Å². The third-order valence-corrected chi connectivity index (χ3v) is 7.90. The zero-order chi connectivity index (χ0) is 29.0. The molecule has 214 valence electrons. The molecule has 2 atom stereocenters. The first-order valence-electron chi connectivity index (χ1n) is 11.9. The molecule has 0 bridgehead atoms. The summed E-state index contributed by atoms with van der Waals surface area (Å²) in [4.78, 5) is 49.1. The van der Waals surface area contributed by atoms with Gasteiger partial charge in [-0.15, -0.1) is 0 Å². The summed E-state index contributed by atoms with van der Waals surface area (Å²) in [6, 6.07) is 6.32. The van der Waals surface area contributed by atoms with Gasteiger partial charge >= 0.3 is 17.9 Å². The first-order valence-corrected chi connectivity index (χ1v) is 13.3. The molecule has 1 saturated heterocycles. The molecule has 2 aromatic rings. The van der Waals surface area contributed by atoms with Gasteiger partial charge in [0.05, 0.1) is 36.3 Å². The number of methoxy groups -OCH3 is 2. The Morgan fingerprint density at radius 3 is 2.23 bits per heavy atom. The molecule has 2 heterocycles. The number of esters is 3. The SMILES string of the molecule is COC(=O)c1cc(NC(=O)COC(=O)[C@@H]2CC(O)CN2S(=O)(=O)c2ccc3c(c2)OCCO3)cc(C(=O)OC)c1. The Morgan fingerprint density at radius 1 is 0.975 bits per heavy atom. The molecule has 1 fully saturated rings. The first kappa shape index (κ1) is 28.8. The number of carbonyl (C=O) groups excluding carboxylic acids is 4. The monoisotopic (exact) mass is 578 g/mol. The number of hydrogen-bond acceptors (Lipinski definition) is 12. The number of aliphatic hydroxyl groups is 1. The summed E-state index contributed by atoms with van der Waals surface area (Å²) in [5.41, 5.74) is -0.0706. The molecule has 1 unspecified atom stereocenters. The molecular formula is C25H26N2O12S. The zero-order valence-corrected chi connectivity index (χ0v) is 22.3. The summed E-state index contributed by atoms with van der Waals surface area (Å²) in [6.07, 6.45) is -1.38. The standard InChI is InChI=1S/C25H26N2O12S/c1-35-23(30)14-7-15(24(31)36-2)9-16(8-14)26-22(29)13-39-25(32)19-10-17(28)12-27(19)40(33,34)18-3-4-20-21(11-18)38-6-5-37-20/h3-4,7-9,11,17,19,28H,5-6,10,12-13H2,1-2H3,(H,26,29)/t17?,19-/m0/s1. The fourth-order valence-electron chi connectivity index (χ4n) is 4.18. The third kappa shape index (κ3) is 6.16. The van der Waals surface area contributed by atoms with Gasteiger partial charge in [-0.1, -0.05) is 0 Å². The van der Waals surface area contributed by atoms with Gasteiger partial charge in [0.15, 0.2) is 18.1 Å². The van der Waals surface area contributed by atoms with E-state index in [2.05, 4.69) is 14.8 Å². The topological polar surface area (TPSA) is 184 Å². The van der Waals surface area contributed by atoms with Crippen LogP contribution in [0.2, 0.25) is 0 Å². The number of anilines is 1. The largest absolute Gasteiger partial charge is 0.486 e. The van der Waals surface area contributed by atoms with Crippen molar-refractivity contribution in [1.82, 2.24) is 4.31 Å². The van der Waals surface area contributed by atoms with Crippen LogP contribution in [-0.2, 0) is 33.8 Å². The lowest BCUT2D eigenvalue weighted by atomic mass is 10.1. The number of sulfonamides is 1. The lowest BCUT2D eigenvalue weighted by Gasteiger charge is -2.24. The zero-order valence-electron chi connectivity index (χ0n) is 21.4. The summed E-state index contributed by atoms with van der Waals surface area (Å²) >= 11 is 0. The molecule has 0 saturated carbocycles. The minimum absolute atomic E-state index is 0.0171. The Labute approximate surface area is 228 Å². The van der Waals surface area contributed by atoms with E-state index in [4.69, 9.17) is 14.2 Å². The van der Waals surface area contributed by atoms with E-state index >= 15 is 0 Å². The Kier molecular flexibility index (Phi) is 8.56. The van der Waals surface area contributed by atoms with Gasteiger partial charge in [0.25, 0.3) is 5.91 Å². The van der Waals surface area contributed by atoms with Gasteiger partial charge in [-0.2, -0.15) is 4.31 Å². The van der Waals surface area contributed by atoms with Crippen molar-refractivity contribution in [1.29, 1.82) is 0 Å². The Bertz CT molecular complexity index is 1410. The molecule has 0 aromatic heterocycles. The minimum Gasteiger partial charge on any atom is -0.486 e. The Hall–Kier alpha value is -4.21. The second-order valence-corrected chi connectivity index (χ2v) is 10.6. The molecule has 0 spiro atoms. The molecule has 2 aromatic carbocycles. The van der Waals surface area contributed by atoms with E-state index in [1.54, 1.807) is 0 Å². The highest BCUT2D eigenvalue weighted by molar-refractivity contribution is 7.89. The van der Waals surface area contributed by atoms with Crippen LogP contribution in [0.25, 0.3) is 0 Å². The van der Waals surface area contributed by atoms with Crippen LogP contribution < -0.4 is 14.8 Å². The van der Waals surface area contributed by atoms with Crippen molar-refractivity contribution in [3.63, 3.8) is 0 Å². The summed E-state index contributed by atoms with van der Waals surface area (Å²) < 4.78 is 52.7. The maximum Gasteiger partial charge on any atom is 0.337 e. The van der Waals surface area contributed by atoms with Crippen LogP contribution in [0.15, 0.2) is 41.3 Å². The van der Waals surface area contributed by atoms with Crippen molar-refractivity contribution in [3.8, 4) is 11.5 Å². The van der Waals surface area contributed by atoms with Gasteiger partial charge in [-0.3, -0.25) is 9.59 Å². The molecule has 2 N–H and O–H groups in total. The minimum atomic E-state index is -4.27. The van der Waals surface area contributed by atoms with Crippen LogP contribution in [0, 0.1) is 0 Å². The number of amides is 1. The Morgan fingerprint density at radius 2 is 1.60 bits per heavy atom. The maximum atomic E-state index is 13.3. The molecule has 40 heavy (non-hydrogen) atoms. The van der Waals surface area contributed by atoms with E-state index in [1.807, 2.05) is 0 Å². The smallest absolute Gasteiger partial charge is 0.337 e. The highest BCUT2D eigenvalue weighted by atomic mass is 32.2. The second-order valence-electron chi connectivity index (χ2n) is 8.72. The van der Waals surface area contributed by atoms with Crippen molar-refractivity contribution in [2.24, 2.45) is 0 Å². The van der Waals surface area contributed by atoms with Gasteiger partial charge in [-0.25, -0.2) is 18.0 Å². The van der Waals surface area contributed by atoms with E-state index < -0.39 is 52.6 Å². The number of β-amino-alcohol motifs (C(OH)–C–C–N with tert-alkyl or cyclic N) is 1. The highest BCUT2D eigenvalue weighted by Gasteiger charge is 2.44. The number of hydrogen-bond donors (Lipinski definition) is 2. The van der Waals surface area contributed by atoms with Crippen molar-refractivity contribution in [2.75, 3.05) is 45.9 Å². The number of nitrogens with zero attached hydrogens (tertiary/aromatic N) is 1. The third-order valence-electron chi connectivity index (χ3n) is 6.03. The molecular weight excluding hydrogens is 552 g/mol. The van der Waals surface area contributed by atoms with E-state index in [9.17, 15) is 32.7 Å². The molecule has 2 aliphatic rings. The van der Waals surface area contributed by atoms with Crippen LogP contribution in [0.5, 0.6) is 11.5 Å². The lowest BCUT2D eigenvalue weighted by molar-refractivity contribution is -0.150. The average molecular weight is 579 g/mol. The van der Waals surface area contributed by atoms with Crippen molar-refractivity contribution in [3.05, 3.63) is 47.5 Å². The van der Waals surface area contributed by atoms with Gasteiger partial charge in [0.2, 0.25) is 10.0 Å². The molecule has 0 radical (unpaired) electrons. The molecule has 0 aliphatic carbocycles. The predicted molar refractivity (Wildman–Crippen MR) is 134 cm³/mol. The molecule has 14 nitrogen and oxygen atoms in total. The summed E-state index contributed by atoms with van der Waals surface area (Å²) in [7, 11) is -1.99. The number of rotatable bonds is 8. The maximum absolute atomic E-state index is 13.3. The van der Waals surface area contributed by atoms with Crippen molar-refractivity contribution in [2.45, 2.75) is 23.5 Å². The molecule has 1 amide bonds. The first-order chi connectivity index (χ1) is 19.0. The number of carbonyl (C=O) groups is 4. The number of ether oxygens (including phenoxy) is 5. The van der Waals surface area contributed by atoms with E-state index in [0.717, 1.165) is 18.5 Å². The highest BCUT2D eigenvalue weighted by Crippen LogP contribution is 2.35. The number of aliphatic hydroxyl groups excluding tert-OH is 1. The van der Waals surface area contributed by atoms with Crippen LogP contribution in [0.1, 0.15) is 27.1 Å². The summed E-state index contributed by atoms with van der Waals surface area (Å²) in [5.74, 6) is -2.82. The van der Waals surface area contributed by atoms with E-state index in [-0.39, 0.29) is 47.0 Å². The number of nitrogens with one attached hydrogen (secondary N) is 1. The summed E-state index contributed by atoms with van der Waals surface area (Å²) in [6.45, 7) is -0.617. The number of benzene rings is 2. The van der Waals surface area contributed by atoms with Gasteiger partial charge in [0.1, 0.15) is 19.3 Å². The fourth-order valence-corrected chi connectivity index (χ4v) is 5.83. The average Bonchev–Trinajstić information content (AvgIpc) is 3.37. The predicted octanol–water partition coefficient (Wildman–Crippen LogP) is 0.337. The lowest BCUT2D eigenvalue weighted by Crippen LogP contribution is -2.42. The number of fused-ring (bicyclic) bond motifs is 1. The van der Waals surface area contributed by atoms with Gasteiger partial charge in [0, 0.05) is 24.7 Å². The molecule has 15 heteroatoms.